The molecule has 0 amide bonds. The van der Waals surface area contributed by atoms with Crippen LogP contribution in [0.4, 0.5) is 0 Å². The molecule has 0 bridgehead atoms. The summed E-state index contributed by atoms with van der Waals surface area (Å²) in [7, 11) is 1.68. The number of ether oxygens (including phenoxy) is 1. The average Bonchev–Trinajstić information content (AvgIpc) is 2.79. The Morgan fingerprint density at radius 3 is 2.14 bits per heavy atom. The van der Waals surface area contributed by atoms with E-state index in [-0.39, 0.29) is 11.3 Å². The van der Waals surface area contributed by atoms with Crippen molar-refractivity contribution in [1.82, 2.24) is 0 Å². The number of methoxy groups -OCH3 is 1. The number of ketones is 1. The molecule has 3 nitrogen and oxygen atoms in total. The molecule has 1 atom stereocenters. The Hall–Kier alpha value is -2.60. The van der Waals surface area contributed by atoms with Crippen molar-refractivity contribution in [3.05, 3.63) is 54.1 Å². The topological polar surface area (TPSA) is 50.1 Å². The van der Waals surface area contributed by atoms with E-state index in [0.29, 0.717) is 24.5 Å². The van der Waals surface area contributed by atoms with Crippen LogP contribution in [0, 0.1) is 22.7 Å². The number of nitriles is 1. The van der Waals surface area contributed by atoms with Crippen molar-refractivity contribution in [3.63, 3.8) is 0 Å². The molecule has 29 heavy (non-hydrogen) atoms. The van der Waals surface area contributed by atoms with Crippen LogP contribution in [0.3, 0.4) is 0 Å². The Labute approximate surface area is 173 Å². The van der Waals surface area contributed by atoms with Gasteiger partial charge in [0.1, 0.15) is 11.5 Å². The van der Waals surface area contributed by atoms with Gasteiger partial charge in [-0.25, -0.2) is 0 Å². The molecule has 0 radical (unpaired) electrons. The Bertz CT molecular complexity index is 884. The van der Waals surface area contributed by atoms with Crippen molar-refractivity contribution < 1.29 is 9.53 Å². The molecule has 2 aromatic carbocycles. The van der Waals surface area contributed by atoms with Crippen molar-refractivity contribution in [2.75, 3.05) is 7.11 Å². The van der Waals surface area contributed by atoms with Crippen LogP contribution in [0.1, 0.15) is 62.8 Å². The molecule has 0 heterocycles. The number of hydrogen-bond acceptors (Lipinski definition) is 3. The summed E-state index contributed by atoms with van der Waals surface area (Å²) in [6, 6.07) is 19.7. The van der Waals surface area contributed by atoms with Crippen LogP contribution in [-0.2, 0) is 4.79 Å². The van der Waals surface area contributed by atoms with Crippen LogP contribution in [0.15, 0.2) is 48.5 Å². The van der Waals surface area contributed by atoms with Gasteiger partial charge in [0.15, 0.2) is 0 Å². The molecule has 2 aromatic rings. The molecule has 0 spiro atoms. The highest BCUT2D eigenvalue weighted by molar-refractivity contribution is 5.79. The summed E-state index contributed by atoms with van der Waals surface area (Å²) < 4.78 is 5.24. The fourth-order valence-electron chi connectivity index (χ4n) is 5.31. The molecular weight excluding hydrogens is 358 g/mol. The van der Waals surface area contributed by atoms with Crippen molar-refractivity contribution >= 4 is 5.78 Å². The van der Waals surface area contributed by atoms with Gasteiger partial charge in [0.05, 0.1) is 18.6 Å². The predicted octanol–water partition coefficient (Wildman–Crippen LogP) is 6.29. The highest BCUT2D eigenvalue weighted by Crippen LogP contribution is 2.50. The molecule has 2 aliphatic carbocycles. The first kappa shape index (κ1) is 19.7. The molecule has 2 saturated carbocycles. The largest absolute Gasteiger partial charge is 0.497 e. The van der Waals surface area contributed by atoms with Gasteiger partial charge in [-0.1, -0.05) is 36.4 Å². The first-order valence-corrected chi connectivity index (χ1v) is 10.8. The van der Waals surface area contributed by atoms with Gasteiger partial charge in [-0.2, -0.15) is 5.26 Å². The van der Waals surface area contributed by atoms with E-state index in [1.165, 1.54) is 16.7 Å². The lowest BCUT2D eigenvalue weighted by molar-refractivity contribution is -0.123. The van der Waals surface area contributed by atoms with Gasteiger partial charge in [0, 0.05) is 12.8 Å². The Morgan fingerprint density at radius 2 is 1.59 bits per heavy atom. The average molecular weight is 388 g/mol. The van der Waals surface area contributed by atoms with Gasteiger partial charge >= 0.3 is 0 Å². The third-order valence-corrected chi connectivity index (χ3v) is 7.17. The van der Waals surface area contributed by atoms with Crippen LogP contribution in [-0.4, -0.2) is 12.9 Å². The molecule has 0 aliphatic heterocycles. The summed E-state index contributed by atoms with van der Waals surface area (Å²) >= 11 is 0. The van der Waals surface area contributed by atoms with Gasteiger partial charge in [0.2, 0.25) is 0 Å². The van der Waals surface area contributed by atoms with E-state index in [4.69, 9.17) is 4.74 Å². The second kappa shape index (κ2) is 8.41. The van der Waals surface area contributed by atoms with E-state index in [2.05, 4.69) is 42.5 Å². The highest BCUT2D eigenvalue weighted by Gasteiger charge is 2.43. The van der Waals surface area contributed by atoms with E-state index in [0.717, 1.165) is 44.3 Å². The van der Waals surface area contributed by atoms with E-state index >= 15 is 0 Å². The maximum Gasteiger partial charge on any atom is 0.133 e. The maximum absolute atomic E-state index is 11.9. The number of nitrogens with zero attached hydrogens (tertiary/aromatic N) is 1. The van der Waals surface area contributed by atoms with E-state index < -0.39 is 0 Å². The van der Waals surface area contributed by atoms with Gasteiger partial charge < -0.3 is 4.74 Å². The number of carbonyl (C=O) groups excluding carboxylic acids is 1. The maximum atomic E-state index is 11.9. The van der Waals surface area contributed by atoms with E-state index in [1.54, 1.807) is 7.11 Å². The summed E-state index contributed by atoms with van der Waals surface area (Å²) in [5.41, 5.74) is 3.48. The minimum atomic E-state index is -0.282. The number of rotatable bonds is 4. The molecule has 150 valence electrons. The number of hydrogen-bond donors (Lipinski definition) is 0. The summed E-state index contributed by atoms with van der Waals surface area (Å²) in [6.07, 6.45) is 7.26. The van der Waals surface area contributed by atoms with Crippen LogP contribution in [0.5, 0.6) is 5.75 Å². The second-order valence-corrected chi connectivity index (χ2v) is 8.72. The molecular formula is C26H29NO2. The van der Waals surface area contributed by atoms with Gasteiger partial charge in [0.25, 0.3) is 0 Å². The van der Waals surface area contributed by atoms with Crippen LogP contribution in [0.25, 0.3) is 11.1 Å². The van der Waals surface area contributed by atoms with Crippen molar-refractivity contribution in [2.24, 2.45) is 11.3 Å². The zero-order chi connectivity index (χ0) is 20.3. The van der Waals surface area contributed by atoms with Crippen LogP contribution < -0.4 is 4.74 Å². The predicted molar refractivity (Wildman–Crippen MR) is 115 cm³/mol. The lowest BCUT2D eigenvalue weighted by atomic mass is 9.60. The molecule has 0 N–H and O–H groups in total. The van der Waals surface area contributed by atoms with Crippen molar-refractivity contribution in [3.8, 4) is 22.9 Å². The Balaban J connectivity index is 1.43. The molecule has 0 saturated heterocycles. The SMILES string of the molecule is COc1ccc(-c2ccc(C3CCC(C#N)(C4CCCC(=O)C4)CC3)cc2)cc1. The zero-order valence-corrected chi connectivity index (χ0v) is 17.2. The van der Waals surface area contributed by atoms with Gasteiger partial charge in [-0.3, -0.25) is 4.79 Å². The molecule has 0 aromatic heterocycles. The third-order valence-electron chi connectivity index (χ3n) is 7.17. The fraction of sp³-hybridized carbons (Fsp3) is 0.462. The minimum Gasteiger partial charge on any atom is -0.497 e. The number of benzene rings is 2. The highest BCUT2D eigenvalue weighted by atomic mass is 16.5. The normalized spacial score (nSPS) is 27.2. The third kappa shape index (κ3) is 4.08. The first-order valence-electron chi connectivity index (χ1n) is 10.8. The zero-order valence-electron chi connectivity index (χ0n) is 17.2. The van der Waals surface area contributed by atoms with E-state index in [1.807, 2.05) is 12.1 Å². The monoisotopic (exact) mass is 387 g/mol. The first-order chi connectivity index (χ1) is 14.1. The van der Waals surface area contributed by atoms with Crippen molar-refractivity contribution in [2.45, 2.75) is 57.3 Å². The van der Waals surface area contributed by atoms with Gasteiger partial charge in [-0.05, 0) is 79.2 Å². The number of Topliss-reactive ketones (excluding diaryl/α,β-unsaturated/α-hetero) is 1. The van der Waals surface area contributed by atoms with Gasteiger partial charge in [-0.15, -0.1) is 0 Å². The Kier molecular flexibility index (Phi) is 5.72. The Morgan fingerprint density at radius 1 is 0.966 bits per heavy atom. The lowest BCUT2D eigenvalue weighted by Gasteiger charge is -2.42. The van der Waals surface area contributed by atoms with Crippen LogP contribution >= 0.6 is 0 Å². The summed E-state index contributed by atoms with van der Waals surface area (Å²) in [6.45, 7) is 0. The minimum absolute atomic E-state index is 0.271. The number of carbonyl (C=O) groups is 1. The molecule has 4 rings (SSSR count). The molecule has 2 fully saturated rings. The molecule has 3 heteroatoms. The summed E-state index contributed by atoms with van der Waals surface area (Å²) in [5.74, 6) is 2.01. The standard InChI is InChI=1S/C26H29NO2/c1-29-25-11-9-21(10-12-25)19-5-7-20(8-6-19)22-13-15-26(18-27,16-14-22)23-3-2-4-24(28)17-23/h5-12,22-23H,2-4,13-17H2,1H3. The lowest BCUT2D eigenvalue weighted by Crippen LogP contribution is -2.36. The summed E-state index contributed by atoms with van der Waals surface area (Å²) in [5, 5.41) is 9.97. The second-order valence-electron chi connectivity index (χ2n) is 8.72. The molecule has 2 aliphatic rings. The quantitative estimate of drug-likeness (QED) is 0.619. The van der Waals surface area contributed by atoms with Crippen molar-refractivity contribution in [1.29, 1.82) is 5.26 Å². The van der Waals surface area contributed by atoms with Crippen LogP contribution in [0.2, 0.25) is 0 Å². The van der Waals surface area contributed by atoms with E-state index in [9.17, 15) is 10.1 Å². The smallest absolute Gasteiger partial charge is 0.133 e. The fourth-order valence-corrected chi connectivity index (χ4v) is 5.31. The molecule has 1 unspecified atom stereocenters. The summed E-state index contributed by atoms with van der Waals surface area (Å²) in [4.78, 5) is 11.9.